The summed E-state index contributed by atoms with van der Waals surface area (Å²) < 4.78 is 104. The number of primary amides is 1. The molecule has 1 amide bonds. The fourth-order valence-electron chi connectivity index (χ4n) is 5.61. The molecule has 0 aliphatic carbocycles. The summed E-state index contributed by atoms with van der Waals surface area (Å²) in [5.41, 5.74) is 5.77. The van der Waals surface area contributed by atoms with Gasteiger partial charge in [0.1, 0.15) is 18.3 Å². The fourth-order valence-corrected chi connectivity index (χ4v) is 7.72. The number of nitrogens with one attached hydrogen (secondary N) is 2. The number of alkyl halides is 3. The van der Waals surface area contributed by atoms with Gasteiger partial charge in [0.15, 0.2) is 28.7 Å². The number of benzene rings is 3. The number of aromatic nitrogens is 4. The number of halogens is 4. The third-order valence-electron chi connectivity index (χ3n) is 8.43. The summed E-state index contributed by atoms with van der Waals surface area (Å²) in [6.45, 7) is 8.10. The quantitative estimate of drug-likeness (QED) is 0.0542. The molecule has 0 fully saturated rings. The van der Waals surface area contributed by atoms with Gasteiger partial charge < -0.3 is 25.3 Å². The number of nitrogens with zero attached hydrogens (tertiary/aromatic N) is 4. The number of hydrogen-bond donors (Lipinski definition) is 3. The molecule has 3 aromatic carbocycles. The molecule has 5 rings (SSSR count). The van der Waals surface area contributed by atoms with E-state index in [0.717, 1.165) is 25.3 Å². The topological polar surface area (TPSA) is 173 Å². The van der Waals surface area contributed by atoms with Gasteiger partial charge in [-0.25, -0.2) is 27.5 Å². The summed E-state index contributed by atoms with van der Waals surface area (Å²) in [4.78, 5) is 21.9. The average molecular weight is 804 g/mol. The number of nitrogens with two attached hydrogens (primary N) is 1. The number of hydrogen-bond acceptors (Lipinski definition) is 10. The van der Waals surface area contributed by atoms with Gasteiger partial charge in [-0.15, -0.1) is 0 Å². The van der Waals surface area contributed by atoms with Crippen molar-refractivity contribution in [1.29, 1.82) is 0 Å². The van der Waals surface area contributed by atoms with E-state index in [0.29, 0.717) is 23.5 Å². The number of carbonyl (C=O) groups excluding carboxylic acids is 1. The molecular formula is C36H41F4N7O6SSi. The van der Waals surface area contributed by atoms with Crippen LogP contribution in [0.4, 0.5) is 29.1 Å². The van der Waals surface area contributed by atoms with Gasteiger partial charge in [-0.3, -0.25) is 9.52 Å². The van der Waals surface area contributed by atoms with Crippen LogP contribution in [0.1, 0.15) is 27.2 Å². The van der Waals surface area contributed by atoms with Gasteiger partial charge in [0.2, 0.25) is 0 Å². The first-order valence-electron chi connectivity index (χ1n) is 16.9. The van der Waals surface area contributed by atoms with Crippen LogP contribution in [0.25, 0.3) is 22.4 Å². The van der Waals surface area contributed by atoms with Crippen LogP contribution in [0, 0.1) is 12.7 Å². The number of aryl methyl sites for hydroxylation is 1. The van der Waals surface area contributed by atoms with Gasteiger partial charge in [-0.05, 0) is 66.1 Å². The Labute approximate surface area is 316 Å². The Morgan fingerprint density at radius 1 is 1.00 bits per heavy atom. The van der Waals surface area contributed by atoms with Crippen molar-refractivity contribution < 1.29 is 45.0 Å². The second-order valence-corrected chi connectivity index (χ2v) is 21.1. The number of rotatable bonds is 16. The van der Waals surface area contributed by atoms with E-state index in [-0.39, 0.29) is 63.4 Å². The number of methoxy groups -OCH3 is 2. The maximum absolute atomic E-state index is 15.2. The van der Waals surface area contributed by atoms with Crippen molar-refractivity contribution in [2.75, 3.05) is 30.9 Å². The Morgan fingerprint density at radius 2 is 1.73 bits per heavy atom. The lowest BCUT2D eigenvalue weighted by atomic mass is 10.0. The zero-order valence-electron chi connectivity index (χ0n) is 31.0. The van der Waals surface area contributed by atoms with Gasteiger partial charge >= 0.3 is 6.18 Å². The van der Waals surface area contributed by atoms with E-state index in [1.807, 2.05) is 0 Å². The van der Waals surface area contributed by atoms with Crippen LogP contribution in [0.5, 0.6) is 11.5 Å². The molecule has 0 unspecified atom stereocenters. The molecule has 0 radical (unpaired) electrons. The van der Waals surface area contributed by atoms with Gasteiger partial charge in [-0.2, -0.15) is 18.3 Å². The average Bonchev–Trinajstić information content (AvgIpc) is 3.48. The molecule has 0 aliphatic rings. The highest BCUT2D eigenvalue weighted by Gasteiger charge is 2.32. The van der Waals surface area contributed by atoms with Crippen molar-refractivity contribution in [3.63, 3.8) is 0 Å². The summed E-state index contributed by atoms with van der Waals surface area (Å²) in [5.74, 6) is -2.45. The number of fused-ring (bicyclic) bond motifs is 1. The number of amides is 1. The van der Waals surface area contributed by atoms with E-state index < -0.39 is 48.2 Å². The Morgan fingerprint density at radius 3 is 2.36 bits per heavy atom. The van der Waals surface area contributed by atoms with Gasteiger partial charge in [0, 0.05) is 26.8 Å². The van der Waals surface area contributed by atoms with Crippen LogP contribution in [0.15, 0.2) is 59.5 Å². The molecule has 2 heterocycles. The lowest BCUT2D eigenvalue weighted by molar-refractivity contribution is -0.127. The molecule has 294 valence electrons. The molecule has 0 atom stereocenters. The van der Waals surface area contributed by atoms with Crippen molar-refractivity contribution in [1.82, 2.24) is 19.7 Å². The third-order valence-corrected chi connectivity index (χ3v) is 11.7. The minimum Gasteiger partial charge on any atom is -0.497 e. The Balaban J connectivity index is 1.67. The lowest BCUT2D eigenvalue weighted by Crippen LogP contribution is -2.22. The van der Waals surface area contributed by atoms with Gasteiger partial charge in [0.05, 0.1) is 36.6 Å². The van der Waals surface area contributed by atoms with Crippen molar-refractivity contribution in [2.45, 2.75) is 63.4 Å². The van der Waals surface area contributed by atoms with Crippen LogP contribution < -0.4 is 25.2 Å². The Bertz CT molecular complexity index is 2330. The molecule has 2 aromatic heterocycles. The molecular weight excluding hydrogens is 763 g/mol. The molecule has 13 nitrogen and oxygen atoms in total. The molecule has 0 saturated carbocycles. The highest BCUT2D eigenvalue weighted by molar-refractivity contribution is 7.92. The molecule has 4 N–H and O–H groups in total. The first-order chi connectivity index (χ1) is 25.8. The van der Waals surface area contributed by atoms with Crippen LogP contribution in [0.2, 0.25) is 25.7 Å². The van der Waals surface area contributed by atoms with Crippen molar-refractivity contribution >= 4 is 46.5 Å². The molecule has 0 spiro atoms. The first-order valence-corrected chi connectivity index (χ1v) is 22.1. The largest absolute Gasteiger partial charge is 0.497 e. The summed E-state index contributed by atoms with van der Waals surface area (Å²) in [6, 6.07) is 13.6. The number of ether oxygens (including phenoxy) is 3. The van der Waals surface area contributed by atoms with Crippen LogP contribution in [-0.4, -0.2) is 69.2 Å². The normalized spacial score (nSPS) is 12.2. The third kappa shape index (κ3) is 9.89. The Kier molecular flexibility index (Phi) is 12.1. The van der Waals surface area contributed by atoms with E-state index >= 15 is 4.39 Å². The first kappa shape index (κ1) is 40.9. The predicted molar refractivity (Wildman–Crippen MR) is 202 cm³/mol. The zero-order chi connectivity index (χ0) is 40.3. The number of carbonyl (C=O) groups is 1. The summed E-state index contributed by atoms with van der Waals surface area (Å²) in [7, 11) is -3.04. The molecule has 5 aromatic rings. The predicted octanol–water partition coefficient (Wildman–Crippen LogP) is 6.89. The summed E-state index contributed by atoms with van der Waals surface area (Å²) in [5, 5.41) is 7.40. The standard InChI is InChI=1S/C36H41F4N7O6SSi/c1-21-9-7-8-10-29(21)54(49,50)46-27-12-11-24(51-2)15-23(27)19-42-34-30-31(32(41)48)45-47(20-53-13-14-55(4,5)6)35(30)44-33(43-34)25-17-26(37)28(52-3)16-22(25)18-36(38,39)40/h7-12,15-17,46H,13-14,18-20H2,1-6H3,(H2,41,48)(H,42,43,44). The second kappa shape index (κ2) is 16.2. The lowest BCUT2D eigenvalue weighted by Gasteiger charge is -2.17. The fraction of sp³-hybridized carbons (Fsp3) is 0.333. The van der Waals surface area contributed by atoms with Crippen LogP contribution in [-0.2, 0) is 34.5 Å². The molecule has 55 heavy (non-hydrogen) atoms. The maximum atomic E-state index is 15.2. The van der Waals surface area contributed by atoms with Crippen molar-refractivity contribution in [2.24, 2.45) is 5.73 Å². The monoisotopic (exact) mass is 803 g/mol. The smallest absolute Gasteiger partial charge is 0.393 e. The van der Waals surface area contributed by atoms with Crippen molar-refractivity contribution in [3.05, 3.63) is 82.8 Å². The van der Waals surface area contributed by atoms with Crippen LogP contribution >= 0.6 is 0 Å². The molecule has 0 aliphatic heterocycles. The van der Waals surface area contributed by atoms with Crippen molar-refractivity contribution in [3.8, 4) is 22.9 Å². The van der Waals surface area contributed by atoms with E-state index in [1.54, 1.807) is 37.3 Å². The minimum absolute atomic E-state index is 0.00124. The molecule has 0 bridgehead atoms. The van der Waals surface area contributed by atoms with E-state index in [1.165, 1.54) is 23.9 Å². The van der Waals surface area contributed by atoms with E-state index in [4.69, 9.17) is 19.9 Å². The zero-order valence-corrected chi connectivity index (χ0v) is 32.8. The molecule has 0 saturated heterocycles. The maximum Gasteiger partial charge on any atom is 0.393 e. The van der Waals surface area contributed by atoms with Gasteiger partial charge in [0.25, 0.3) is 15.9 Å². The SMILES string of the molecule is COc1ccc(NS(=O)(=O)c2ccccc2C)c(CNc2nc(-c3cc(F)c(OC)cc3CC(F)(F)F)nc3c2c(C(N)=O)nn3COCC[Si](C)(C)C)c1. The minimum atomic E-state index is -4.71. The second-order valence-electron chi connectivity index (χ2n) is 13.8. The summed E-state index contributed by atoms with van der Waals surface area (Å²) in [6.07, 6.45) is -6.18. The van der Waals surface area contributed by atoms with Gasteiger partial charge in [-0.1, -0.05) is 37.8 Å². The molecule has 19 heteroatoms. The number of anilines is 2. The van der Waals surface area contributed by atoms with Crippen LogP contribution in [0.3, 0.4) is 0 Å². The Hall–Kier alpha value is -5.27. The van der Waals surface area contributed by atoms with E-state index in [2.05, 4.69) is 44.7 Å². The summed E-state index contributed by atoms with van der Waals surface area (Å²) >= 11 is 0. The number of sulfonamides is 1. The highest BCUT2D eigenvalue weighted by Crippen LogP contribution is 2.36. The van der Waals surface area contributed by atoms with E-state index in [9.17, 15) is 26.4 Å². The highest BCUT2D eigenvalue weighted by atomic mass is 32.2.